The Morgan fingerprint density at radius 1 is 0.854 bits per heavy atom. The molecule has 0 amide bonds. The summed E-state index contributed by atoms with van der Waals surface area (Å²) in [6.07, 6.45) is 1.92. The van der Waals surface area contributed by atoms with Gasteiger partial charge in [0.2, 0.25) is 0 Å². The first-order valence-electron chi connectivity index (χ1n) is 13.9. The third-order valence-electron chi connectivity index (χ3n) is 8.20. The summed E-state index contributed by atoms with van der Waals surface area (Å²) in [5.74, 6) is 0.316. The first kappa shape index (κ1) is 25.7. The Balaban J connectivity index is 1.01. The van der Waals surface area contributed by atoms with Crippen LogP contribution in [0, 0.1) is 5.92 Å². The van der Waals surface area contributed by atoms with Crippen LogP contribution in [-0.2, 0) is 19.1 Å². The molecule has 0 atom stereocenters. The van der Waals surface area contributed by atoms with Gasteiger partial charge >= 0.3 is 6.18 Å². The van der Waals surface area contributed by atoms with Crippen molar-refractivity contribution in [1.29, 1.82) is 0 Å². The minimum Gasteiger partial charge on any atom is -0.299 e. The van der Waals surface area contributed by atoms with E-state index in [1.165, 1.54) is 17.7 Å². The molecule has 1 saturated heterocycles. The quantitative estimate of drug-likeness (QED) is 0.226. The van der Waals surface area contributed by atoms with Crippen molar-refractivity contribution >= 4 is 17.0 Å². The molecule has 3 aromatic carbocycles. The van der Waals surface area contributed by atoms with Crippen molar-refractivity contribution in [2.24, 2.45) is 10.9 Å². The van der Waals surface area contributed by atoms with Crippen molar-refractivity contribution < 1.29 is 13.2 Å². The molecule has 7 rings (SSSR count). The Kier molecular flexibility index (Phi) is 6.43. The number of hydrogen-bond acceptors (Lipinski definition) is 4. The van der Waals surface area contributed by atoms with Gasteiger partial charge in [0.25, 0.3) is 0 Å². The van der Waals surface area contributed by atoms with Gasteiger partial charge in [0, 0.05) is 48.0 Å². The molecule has 0 unspecified atom stereocenters. The van der Waals surface area contributed by atoms with Crippen molar-refractivity contribution in [1.82, 2.24) is 19.5 Å². The van der Waals surface area contributed by atoms with E-state index in [0.717, 1.165) is 72.3 Å². The van der Waals surface area contributed by atoms with E-state index in [0.29, 0.717) is 23.6 Å². The van der Waals surface area contributed by atoms with Crippen LogP contribution in [0.15, 0.2) is 96.2 Å². The van der Waals surface area contributed by atoms with E-state index in [2.05, 4.69) is 46.4 Å². The van der Waals surface area contributed by atoms with Gasteiger partial charge in [-0.2, -0.15) is 18.3 Å². The van der Waals surface area contributed by atoms with Gasteiger partial charge in [0.15, 0.2) is 5.65 Å². The van der Waals surface area contributed by atoms with Gasteiger partial charge in [0.05, 0.1) is 23.1 Å². The molecule has 5 nitrogen and oxygen atoms in total. The van der Waals surface area contributed by atoms with E-state index >= 15 is 0 Å². The van der Waals surface area contributed by atoms with E-state index < -0.39 is 11.7 Å². The van der Waals surface area contributed by atoms with Crippen LogP contribution in [0.5, 0.6) is 0 Å². The third kappa shape index (κ3) is 5.15. The molecule has 4 heterocycles. The van der Waals surface area contributed by atoms with Gasteiger partial charge in [0.1, 0.15) is 0 Å². The van der Waals surface area contributed by atoms with Crippen molar-refractivity contribution in [3.63, 3.8) is 0 Å². The maximum absolute atomic E-state index is 13.1. The van der Waals surface area contributed by atoms with Crippen LogP contribution in [0.3, 0.4) is 0 Å². The van der Waals surface area contributed by atoms with Gasteiger partial charge in [-0.3, -0.25) is 9.89 Å². The van der Waals surface area contributed by atoms with E-state index in [1.807, 2.05) is 30.5 Å². The fourth-order valence-corrected chi connectivity index (χ4v) is 5.99. The van der Waals surface area contributed by atoms with Gasteiger partial charge in [-0.15, -0.1) is 0 Å². The lowest BCUT2D eigenvalue weighted by molar-refractivity contribution is -0.137. The topological polar surface area (TPSA) is 45.8 Å². The first-order chi connectivity index (χ1) is 19.9. The molecule has 1 fully saturated rings. The second kappa shape index (κ2) is 10.3. The van der Waals surface area contributed by atoms with Crippen LogP contribution in [0.2, 0.25) is 0 Å². The molecule has 0 spiro atoms. The molecule has 2 aromatic heterocycles. The van der Waals surface area contributed by atoms with Crippen molar-refractivity contribution in [2.45, 2.75) is 32.0 Å². The van der Waals surface area contributed by atoms with Crippen molar-refractivity contribution in [3.8, 4) is 22.4 Å². The van der Waals surface area contributed by atoms with Gasteiger partial charge < -0.3 is 0 Å². The average Bonchev–Trinajstić information content (AvgIpc) is 3.64. The smallest absolute Gasteiger partial charge is 0.299 e. The van der Waals surface area contributed by atoms with E-state index in [1.54, 1.807) is 10.7 Å². The Labute approximate surface area is 236 Å². The molecule has 0 radical (unpaired) electrons. The number of aliphatic imine (C=N–C) groups is 1. The summed E-state index contributed by atoms with van der Waals surface area (Å²) in [6, 6.07) is 24.7. The number of alkyl halides is 3. The highest BCUT2D eigenvalue weighted by Crippen LogP contribution is 2.37. The number of benzene rings is 3. The zero-order valence-corrected chi connectivity index (χ0v) is 22.4. The fourth-order valence-electron chi connectivity index (χ4n) is 5.99. The van der Waals surface area contributed by atoms with Gasteiger partial charge in [-0.25, -0.2) is 9.50 Å². The van der Waals surface area contributed by atoms with Crippen LogP contribution >= 0.6 is 0 Å². The molecule has 5 aromatic rings. The summed E-state index contributed by atoms with van der Waals surface area (Å²) in [5.41, 5.74) is 7.97. The van der Waals surface area contributed by atoms with Crippen molar-refractivity contribution in [3.05, 3.63) is 108 Å². The Morgan fingerprint density at radius 2 is 1.63 bits per heavy atom. The number of piperidine rings is 1. The highest BCUT2D eigenvalue weighted by Gasteiger charge is 2.33. The molecule has 0 bridgehead atoms. The summed E-state index contributed by atoms with van der Waals surface area (Å²) in [4.78, 5) is 12.1. The zero-order chi connectivity index (χ0) is 28.0. The molecule has 8 heteroatoms. The summed E-state index contributed by atoms with van der Waals surface area (Å²) in [5, 5.41) is 4.37. The Hall–Kier alpha value is -4.30. The molecule has 0 aliphatic carbocycles. The Morgan fingerprint density at radius 3 is 2.39 bits per heavy atom. The third-order valence-corrected chi connectivity index (χ3v) is 8.20. The summed E-state index contributed by atoms with van der Waals surface area (Å²) in [7, 11) is 0. The number of aromatic nitrogens is 3. The molecule has 2 aliphatic heterocycles. The second-order valence-electron chi connectivity index (χ2n) is 10.9. The lowest BCUT2D eigenvalue weighted by Crippen LogP contribution is -2.36. The number of rotatable bonds is 5. The standard InChI is InChI=1S/C33H28F3N5/c34-33(35,36)27-10-11-29-26(18-27)19-30(38-29)24-13-16-40(17-14-24)20-22-6-8-25(9-7-22)32-28(23-4-2-1-3-5-23)21-41-31(39-32)12-15-37-41/h1-12,15,18,21,24H,13-14,16-17,19-20H2. The normalized spacial score (nSPS) is 16.2. The lowest BCUT2D eigenvalue weighted by Gasteiger charge is -2.32. The lowest BCUT2D eigenvalue weighted by atomic mass is 9.89. The number of nitrogens with zero attached hydrogens (tertiary/aromatic N) is 5. The summed E-state index contributed by atoms with van der Waals surface area (Å²) in [6.45, 7) is 2.73. The molecule has 2 aliphatic rings. The van der Waals surface area contributed by atoms with E-state index in [9.17, 15) is 13.2 Å². The van der Waals surface area contributed by atoms with Crippen LogP contribution in [0.25, 0.3) is 28.0 Å². The molecule has 41 heavy (non-hydrogen) atoms. The van der Waals surface area contributed by atoms with Crippen molar-refractivity contribution in [2.75, 3.05) is 13.1 Å². The minimum atomic E-state index is -4.32. The molecule has 0 N–H and O–H groups in total. The van der Waals surface area contributed by atoms with Crippen LogP contribution in [0.1, 0.15) is 29.5 Å². The number of fused-ring (bicyclic) bond motifs is 2. The van der Waals surface area contributed by atoms with Gasteiger partial charge in [-0.1, -0.05) is 54.6 Å². The Bertz CT molecular complexity index is 1730. The maximum atomic E-state index is 13.1. The number of halogens is 3. The first-order valence-corrected chi connectivity index (χ1v) is 13.9. The van der Waals surface area contributed by atoms with Crippen LogP contribution < -0.4 is 0 Å². The predicted octanol–water partition coefficient (Wildman–Crippen LogP) is 7.62. The van der Waals surface area contributed by atoms with Gasteiger partial charge in [-0.05, 0) is 60.8 Å². The molecule has 0 saturated carbocycles. The second-order valence-corrected chi connectivity index (χ2v) is 10.9. The largest absolute Gasteiger partial charge is 0.416 e. The molecular weight excluding hydrogens is 523 g/mol. The number of hydrogen-bond donors (Lipinski definition) is 0. The SMILES string of the molecule is FC(F)(F)c1ccc2c(c1)CC(C1CCN(Cc3ccc(-c4nc5ccnn5cc4-c4ccccc4)cc3)CC1)=N2. The minimum absolute atomic E-state index is 0.316. The highest BCUT2D eigenvalue weighted by molar-refractivity contribution is 5.95. The maximum Gasteiger partial charge on any atom is 0.416 e. The van der Waals surface area contributed by atoms with E-state index in [-0.39, 0.29) is 0 Å². The fraction of sp³-hybridized carbons (Fsp3) is 0.242. The summed E-state index contributed by atoms with van der Waals surface area (Å²) < 4.78 is 41.2. The van der Waals surface area contributed by atoms with Crippen LogP contribution in [0.4, 0.5) is 18.9 Å². The average molecular weight is 552 g/mol. The molecule has 206 valence electrons. The van der Waals surface area contributed by atoms with E-state index in [4.69, 9.17) is 9.98 Å². The van der Waals surface area contributed by atoms with Crippen LogP contribution in [-0.4, -0.2) is 38.3 Å². The highest BCUT2D eigenvalue weighted by atomic mass is 19.4. The summed E-state index contributed by atoms with van der Waals surface area (Å²) >= 11 is 0. The number of likely N-dealkylation sites (tertiary alicyclic amines) is 1. The monoisotopic (exact) mass is 551 g/mol. The molecular formula is C33H28F3N5. The predicted molar refractivity (Wildman–Crippen MR) is 154 cm³/mol. The zero-order valence-electron chi connectivity index (χ0n) is 22.4.